The number of ketones is 1. The topological polar surface area (TPSA) is 43.4 Å². The van der Waals surface area contributed by atoms with E-state index < -0.39 is 5.97 Å². The Morgan fingerprint density at radius 3 is 1.76 bits per heavy atom. The van der Waals surface area contributed by atoms with Crippen molar-refractivity contribution < 1.29 is 14.3 Å². The summed E-state index contributed by atoms with van der Waals surface area (Å²) in [5.41, 5.74) is 4.57. The van der Waals surface area contributed by atoms with Crippen molar-refractivity contribution in [3.63, 3.8) is 0 Å². The smallest absolute Gasteiger partial charge is 0.336 e. The van der Waals surface area contributed by atoms with Crippen LogP contribution in [0.2, 0.25) is 0 Å². The molecule has 0 aliphatic heterocycles. The number of allylic oxidation sites excluding steroid dienone is 1. The van der Waals surface area contributed by atoms with Gasteiger partial charge in [0.15, 0.2) is 5.78 Å². The molecule has 0 amide bonds. The van der Waals surface area contributed by atoms with E-state index in [0.29, 0.717) is 11.3 Å². The average Bonchev–Trinajstić information content (AvgIpc) is 2.88. The van der Waals surface area contributed by atoms with Crippen LogP contribution in [0.5, 0.6) is 5.75 Å². The van der Waals surface area contributed by atoms with Crippen molar-refractivity contribution in [1.82, 2.24) is 0 Å². The van der Waals surface area contributed by atoms with Gasteiger partial charge in [-0.1, -0.05) is 103 Å². The maximum absolute atomic E-state index is 12.5. The van der Waals surface area contributed by atoms with Gasteiger partial charge in [0.05, 0.1) is 0 Å². The molecule has 33 heavy (non-hydrogen) atoms. The molecular weight excluding hydrogens is 408 g/mol. The molecule has 0 heterocycles. The van der Waals surface area contributed by atoms with Crippen molar-refractivity contribution in [2.75, 3.05) is 0 Å². The van der Waals surface area contributed by atoms with E-state index >= 15 is 0 Å². The molecular formula is C30H22O3. The molecule has 4 aromatic rings. The lowest BCUT2D eigenvalue weighted by Crippen LogP contribution is -2.03. The standard InChI is InChI=1S/C30H22O3/c31-29(27-17-15-26(16-18-27)25-9-5-2-6-10-25)21-13-24-11-19-28(20-12-24)33-30(32)22-14-23-7-3-1-4-8-23/h1-22H. The summed E-state index contributed by atoms with van der Waals surface area (Å²) in [5, 5.41) is 0. The van der Waals surface area contributed by atoms with Crippen molar-refractivity contribution in [2.45, 2.75) is 0 Å². The Labute approximate surface area is 193 Å². The molecule has 0 saturated carbocycles. The number of esters is 1. The number of ether oxygens (including phenoxy) is 1. The second-order valence-electron chi connectivity index (χ2n) is 7.38. The lowest BCUT2D eigenvalue weighted by Gasteiger charge is -2.03. The van der Waals surface area contributed by atoms with Crippen molar-refractivity contribution >= 4 is 23.9 Å². The van der Waals surface area contributed by atoms with Crippen LogP contribution < -0.4 is 4.74 Å². The molecule has 0 aliphatic rings. The van der Waals surface area contributed by atoms with Crippen molar-refractivity contribution in [2.24, 2.45) is 0 Å². The lowest BCUT2D eigenvalue weighted by atomic mass is 10.0. The number of hydrogen-bond acceptors (Lipinski definition) is 3. The first-order chi connectivity index (χ1) is 16.2. The Bertz CT molecular complexity index is 1270. The molecule has 0 bridgehead atoms. The second kappa shape index (κ2) is 10.7. The second-order valence-corrected chi connectivity index (χ2v) is 7.38. The maximum Gasteiger partial charge on any atom is 0.336 e. The molecule has 0 spiro atoms. The van der Waals surface area contributed by atoms with Crippen LogP contribution in [0.3, 0.4) is 0 Å². The summed E-state index contributed by atoms with van der Waals surface area (Å²) in [6.45, 7) is 0. The van der Waals surface area contributed by atoms with Gasteiger partial charge in [0.2, 0.25) is 0 Å². The quantitative estimate of drug-likeness (QED) is 0.139. The maximum atomic E-state index is 12.5. The van der Waals surface area contributed by atoms with Gasteiger partial charge in [0, 0.05) is 11.6 Å². The molecule has 0 saturated heterocycles. The SMILES string of the molecule is O=C(C=Cc1ccccc1)Oc1ccc(C=CC(=O)c2ccc(-c3ccccc3)cc2)cc1. The van der Waals surface area contributed by atoms with Crippen molar-refractivity contribution in [1.29, 1.82) is 0 Å². The van der Waals surface area contributed by atoms with Crippen LogP contribution in [-0.4, -0.2) is 11.8 Å². The Hall–Kier alpha value is -4.50. The molecule has 0 radical (unpaired) electrons. The van der Waals surface area contributed by atoms with Crippen LogP contribution in [0.1, 0.15) is 21.5 Å². The molecule has 0 N–H and O–H groups in total. The summed E-state index contributed by atoms with van der Waals surface area (Å²) >= 11 is 0. The largest absolute Gasteiger partial charge is 0.423 e. The van der Waals surface area contributed by atoms with Crippen LogP contribution in [0.4, 0.5) is 0 Å². The van der Waals surface area contributed by atoms with E-state index in [2.05, 4.69) is 0 Å². The number of carbonyl (C=O) groups excluding carboxylic acids is 2. The predicted molar refractivity (Wildman–Crippen MR) is 133 cm³/mol. The van der Waals surface area contributed by atoms with E-state index in [4.69, 9.17) is 4.74 Å². The summed E-state index contributed by atoms with van der Waals surface area (Å²) in [6.07, 6.45) is 6.39. The van der Waals surface area contributed by atoms with Gasteiger partial charge < -0.3 is 4.74 Å². The Kier molecular flexibility index (Phi) is 7.04. The first-order valence-corrected chi connectivity index (χ1v) is 10.6. The van der Waals surface area contributed by atoms with Gasteiger partial charge >= 0.3 is 5.97 Å². The van der Waals surface area contributed by atoms with Gasteiger partial charge in [-0.25, -0.2) is 4.79 Å². The number of carbonyl (C=O) groups is 2. The van der Waals surface area contributed by atoms with Crippen LogP contribution in [0.15, 0.2) is 121 Å². The van der Waals surface area contributed by atoms with Crippen molar-refractivity contribution in [3.05, 3.63) is 138 Å². The van der Waals surface area contributed by atoms with E-state index in [1.54, 1.807) is 42.5 Å². The molecule has 0 atom stereocenters. The van der Waals surface area contributed by atoms with E-state index in [9.17, 15) is 9.59 Å². The molecule has 4 rings (SSSR count). The first-order valence-electron chi connectivity index (χ1n) is 10.6. The molecule has 0 aliphatic carbocycles. The monoisotopic (exact) mass is 430 g/mol. The molecule has 0 aromatic heterocycles. The Morgan fingerprint density at radius 1 is 0.545 bits per heavy atom. The fraction of sp³-hybridized carbons (Fsp3) is 0. The molecule has 160 valence electrons. The van der Waals surface area contributed by atoms with Gasteiger partial charge in [0.1, 0.15) is 5.75 Å². The van der Waals surface area contributed by atoms with E-state index in [0.717, 1.165) is 22.3 Å². The third kappa shape index (κ3) is 6.25. The highest BCUT2D eigenvalue weighted by molar-refractivity contribution is 6.07. The number of rotatable bonds is 7. The first kappa shape index (κ1) is 21.7. The zero-order valence-electron chi connectivity index (χ0n) is 17.9. The van der Waals surface area contributed by atoms with Crippen molar-refractivity contribution in [3.8, 4) is 16.9 Å². The average molecular weight is 431 g/mol. The van der Waals surface area contributed by atoms with Gasteiger partial charge in [-0.15, -0.1) is 0 Å². The van der Waals surface area contributed by atoms with Gasteiger partial charge in [0.25, 0.3) is 0 Å². The molecule has 3 nitrogen and oxygen atoms in total. The van der Waals surface area contributed by atoms with Crippen LogP contribution in [0.25, 0.3) is 23.3 Å². The highest BCUT2D eigenvalue weighted by Crippen LogP contribution is 2.20. The van der Waals surface area contributed by atoms with E-state index in [-0.39, 0.29) is 5.78 Å². The summed E-state index contributed by atoms with van der Waals surface area (Å²) in [4.78, 5) is 24.5. The summed E-state index contributed by atoms with van der Waals surface area (Å²) in [7, 11) is 0. The molecule has 0 fully saturated rings. The van der Waals surface area contributed by atoms with Crippen LogP contribution in [0, 0.1) is 0 Å². The number of hydrogen-bond donors (Lipinski definition) is 0. The Balaban J connectivity index is 1.33. The van der Waals surface area contributed by atoms with Gasteiger partial charge in [-0.05, 0) is 46.5 Å². The highest BCUT2D eigenvalue weighted by Gasteiger charge is 2.04. The van der Waals surface area contributed by atoms with Gasteiger partial charge in [-0.2, -0.15) is 0 Å². The summed E-state index contributed by atoms with van der Waals surface area (Å²) < 4.78 is 5.32. The predicted octanol–water partition coefficient (Wildman–Crippen LogP) is 6.87. The minimum Gasteiger partial charge on any atom is -0.423 e. The summed E-state index contributed by atoms with van der Waals surface area (Å²) in [5.74, 6) is -0.0786. The van der Waals surface area contributed by atoms with Gasteiger partial charge in [-0.3, -0.25) is 4.79 Å². The minimum atomic E-state index is -0.448. The highest BCUT2D eigenvalue weighted by atomic mass is 16.5. The third-order valence-electron chi connectivity index (χ3n) is 5.01. The fourth-order valence-electron chi connectivity index (χ4n) is 3.25. The van der Waals surface area contributed by atoms with E-state index in [1.807, 2.05) is 84.9 Å². The minimum absolute atomic E-state index is 0.0730. The van der Waals surface area contributed by atoms with Crippen LogP contribution >= 0.6 is 0 Å². The third-order valence-corrected chi connectivity index (χ3v) is 5.01. The molecule has 0 unspecified atom stereocenters. The molecule has 4 aromatic carbocycles. The van der Waals surface area contributed by atoms with Crippen LogP contribution in [-0.2, 0) is 4.79 Å². The normalized spacial score (nSPS) is 11.0. The zero-order valence-corrected chi connectivity index (χ0v) is 17.9. The fourth-order valence-corrected chi connectivity index (χ4v) is 3.25. The summed E-state index contributed by atoms with van der Waals surface area (Å²) in [6, 6.07) is 34.1. The zero-order chi connectivity index (χ0) is 22.9. The Morgan fingerprint density at radius 2 is 1.09 bits per heavy atom. The lowest BCUT2D eigenvalue weighted by molar-refractivity contribution is -0.128. The number of benzene rings is 4. The van der Waals surface area contributed by atoms with E-state index in [1.165, 1.54) is 6.08 Å². The molecule has 3 heteroatoms.